The molecule has 34 nitrogen and oxygen atoms in total. The van der Waals surface area contributed by atoms with Crippen molar-refractivity contribution < 1.29 is 153 Å². The molecule has 70 heteroatoms. The Morgan fingerprint density at radius 1 is 0.443 bits per heavy atom. The van der Waals surface area contributed by atoms with Crippen molar-refractivity contribution in [2.45, 2.75) is 105 Å². The minimum atomic E-state index is -4.29. The van der Waals surface area contributed by atoms with E-state index in [1.54, 1.807) is 0 Å². The average molecular weight is 1830 g/mol. The Morgan fingerprint density at radius 3 is 0.705 bits per heavy atom. The summed E-state index contributed by atoms with van der Waals surface area (Å²) in [5.74, 6) is 0. The van der Waals surface area contributed by atoms with Crippen LogP contribution in [0.25, 0.3) is 0 Å². The predicted octanol–water partition coefficient (Wildman–Crippen LogP) is -12.4. The number of aliphatic hydroxyl groups excluding tert-OH is 1. The summed E-state index contributed by atoms with van der Waals surface area (Å²) in [7, 11) is -110. The molecule has 0 fully saturated rings. The van der Waals surface area contributed by atoms with Gasteiger partial charge < -0.3 is 135 Å². The molecule has 480 valence electrons. The molecule has 0 aromatic rings. The molecule has 0 saturated heterocycles. The molecule has 0 radical (unpaired) electrons. The first-order valence-corrected chi connectivity index (χ1v) is 110. The lowest BCUT2D eigenvalue weighted by molar-refractivity contribution is 0.269. The molecule has 0 saturated carbocycles. The maximum Gasteiger partial charge on any atom is 0.549 e. The summed E-state index contributed by atoms with van der Waals surface area (Å²) < 4.78 is 366. The van der Waals surface area contributed by atoms with Crippen LogP contribution < -0.4 is 0 Å². The fraction of sp³-hybridized carbons (Fsp3) is 0.889. The van der Waals surface area contributed by atoms with Crippen LogP contribution >= 0.6 is 0 Å². The minimum absolute atomic E-state index is 0.00926. The zero-order chi connectivity index (χ0) is 72.6. The van der Waals surface area contributed by atoms with Crippen LogP contribution in [0.3, 0.4) is 0 Å². The molecule has 0 aliphatic carbocycles. The van der Waals surface area contributed by atoms with E-state index >= 15 is 0 Å². The van der Waals surface area contributed by atoms with Gasteiger partial charge in [0.05, 0.1) is 17.6 Å². The van der Waals surface area contributed by atoms with Gasteiger partial charge in [-0.2, -0.15) is 0 Å². The van der Waals surface area contributed by atoms with Crippen molar-refractivity contribution in [1.29, 1.82) is 0 Å². The van der Waals surface area contributed by atoms with Crippen LogP contribution in [0.4, 0.5) is 0 Å². The van der Waals surface area contributed by atoms with Crippen molar-refractivity contribution in [2.24, 2.45) is 0 Å². The molecule has 0 spiro atoms. The van der Waals surface area contributed by atoms with Gasteiger partial charge in [-0.1, -0.05) is 79.2 Å². The van der Waals surface area contributed by atoms with E-state index < -0.39 is 272 Å². The Bertz CT molecular complexity index is 2760. The highest BCUT2D eigenvalue weighted by molar-refractivity contribution is 7.87. The van der Waals surface area contributed by atoms with Crippen LogP contribution in [0.2, 0.25) is 72.0 Å². The maximum absolute atomic E-state index is 13.1. The Labute approximate surface area is 554 Å². The smallest absolute Gasteiger partial charge is 0.435 e. The van der Waals surface area contributed by atoms with E-state index in [1.807, 2.05) is 20.0 Å². The highest BCUT2D eigenvalue weighted by Gasteiger charge is 2.59. The summed E-state index contributed by atoms with van der Waals surface area (Å²) in [5, 5.41) is 8.69. The van der Waals surface area contributed by atoms with E-state index in [4.69, 9.17) is 27.7 Å². The Kier molecular flexibility index (Phi) is 77.0. The molecule has 0 aliphatic heterocycles. The normalized spacial score (nSPS) is 9.41. The van der Waals surface area contributed by atoms with Gasteiger partial charge in [0, 0.05) is 15.2 Å². The first kappa shape index (κ1) is 108. The van der Waals surface area contributed by atoms with E-state index in [1.165, 1.54) is 13.0 Å². The van der Waals surface area contributed by atoms with Gasteiger partial charge in [-0.3, -0.25) is 17.8 Å². The second-order valence-electron chi connectivity index (χ2n) is 17.1. The van der Waals surface area contributed by atoms with Crippen LogP contribution in [-0.4, -0.2) is 306 Å². The molecular formula is C18H60O34Si36. The topological polar surface area (TPSA) is 587 Å². The fourth-order valence-electron chi connectivity index (χ4n) is 3.11. The Balaban J connectivity index is -0.000000173. The third-order valence-corrected chi connectivity index (χ3v) is 237. The van der Waals surface area contributed by atoms with E-state index in [2.05, 4.69) is 65.4 Å². The lowest BCUT2D eigenvalue weighted by atomic mass is 10.6. The molecule has 1 unspecified atom stereocenters. The zero-order valence-electron chi connectivity index (χ0n) is 49.4. The lowest BCUT2D eigenvalue weighted by Crippen LogP contribution is -2.64. The molecule has 0 aromatic heterocycles. The molecule has 0 aromatic carbocycles. The summed E-state index contributed by atoms with van der Waals surface area (Å²) in [6.45, 7) is 29.9. The summed E-state index contributed by atoms with van der Waals surface area (Å²) in [6.07, 6.45) is 1.25. The van der Waals surface area contributed by atoms with Crippen LogP contribution in [0.15, 0.2) is 12.3 Å². The van der Waals surface area contributed by atoms with Crippen LogP contribution in [-0.2, 0) is 143 Å². The Morgan fingerprint density at radius 2 is 0.580 bits per heavy atom. The molecular weight excluding hydrogens is 1770 g/mol. The molecule has 1 atom stereocenters. The highest BCUT2D eigenvalue weighted by Crippen LogP contribution is 2.05. The molecule has 0 heterocycles. The average Bonchev–Trinajstić information content (AvgIpc) is 3.48. The lowest BCUT2D eigenvalue weighted by Gasteiger charge is -2.12. The predicted molar refractivity (Wildman–Crippen MR) is 348 cm³/mol. The van der Waals surface area contributed by atoms with Gasteiger partial charge in [-0.15, -0.1) is 12.3 Å². The maximum atomic E-state index is 13.1. The van der Waals surface area contributed by atoms with Crippen molar-refractivity contribution in [1.82, 2.24) is 0 Å². The zero-order valence-corrected chi connectivity index (χ0v) is 87.0. The molecule has 2 N–H and O–H groups in total. The third kappa shape index (κ3) is 48.7. The van der Waals surface area contributed by atoms with E-state index in [-0.39, 0.29) is 14.5 Å². The third-order valence-electron chi connectivity index (χ3n) is 8.02. The highest BCUT2D eigenvalue weighted by atomic mass is 30.1. The number of rotatable bonds is 30. The molecule has 0 bridgehead atoms. The van der Waals surface area contributed by atoms with Gasteiger partial charge in [-0.25, -0.2) is 0 Å². The van der Waals surface area contributed by atoms with E-state index in [9.17, 15) is 125 Å². The van der Waals surface area contributed by atoms with Gasteiger partial charge in [-0.05, 0) is 20.0 Å². The second kappa shape index (κ2) is 62.8. The monoisotopic (exact) mass is 1830 g/mol. The summed E-state index contributed by atoms with van der Waals surface area (Å²) in [5.41, 5.74) is 2.05. The minimum Gasteiger partial charge on any atom is -0.435 e. The standard InChI is InChI=1S/C4H12OSi.C4H10Si.C3H8.C2H8O22Si23.C2H8OSi.C2H8Si.CH6O6Si7.2O2Si/c1-4(5)6(2)3;1-4-5(2)3;1-3-2;1-47(2,45(23)43(21)41(19)39(17)37(15)35(13)33(11)31(9)29(7)27(5)25-3)46(24)44(22)42(20)40(18)38(16)36(14)34(12)32(10)30(8)28(6)26-4;1-4(2)3;1-3-2;1-10(13(6)11(4)8-2)14(7)12(5)9-3;2*1-3-2/h4-6H,1-3H3;4-5H,1H2,2-3H3;3H2,1-2H3;25-26H,1-2H3;3-4H,1-2H3;3H2,1-2H3;8-10H,1H3;;. The number of hydrogen-bond donors (Lipinski definition) is 2. The molecule has 0 rings (SSSR count). The fourth-order valence-corrected chi connectivity index (χ4v) is 326. The summed E-state index contributed by atoms with van der Waals surface area (Å²) in [6, 6.07) is 0. The van der Waals surface area contributed by atoms with Crippen molar-refractivity contribution >= 4 is 291 Å². The summed E-state index contributed by atoms with van der Waals surface area (Å²) >= 11 is 0. The van der Waals surface area contributed by atoms with Crippen molar-refractivity contribution in [3.63, 3.8) is 0 Å². The van der Waals surface area contributed by atoms with Gasteiger partial charge in [0.15, 0.2) is 24.0 Å². The van der Waals surface area contributed by atoms with Crippen LogP contribution in [0, 0.1) is 0 Å². The quantitative estimate of drug-likeness (QED) is 0.0631. The van der Waals surface area contributed by atoms with Gasteiger partial charge in [0.25, 0.3) is 0 Å². The van der Waals surface area contributed by atoms with E-state index in [0.29, 0.717) is 9.52 Å². The van der Waals surface area contributed by atoms with Gasteiger partial charge in [0.2, 0.25) is 0 Å². The van der Waals surface area contributed by atoms with Crippen molar-refractivity contribution in [3.8, 4) is 0 Å². The van der Waals surface area contributed by atoms with Gasteiger partial charge >= 0.3 is 240 Å². The number of hydrogen-bond acceptors (Lipinski definition) is 34. The number of aliphatic hydroxyl groups is 1. The molecule has 88 heavy (non-hydrogen) atoms. The second-order valence-corrected chi connectivity index (χ2v) is 173. The van der Waals surface area contributed by atoms with Crippen molar-refractivity contribution in [3.05, 3.63) is 12.3 Å². The van der Waals surface area contributed by atoms with Crippen LogP contribution in [0.5, 0.6) is 0 Å². The largest absolute Gasteiger partial charge is 0.549 e. The molecule has 0 aliphatic rings. The van der Waals surface area contributed by atoms with Crippen LogP contribution in [0.1, 0.15) is 27.2 Å². The Hall–Kier alpha value is 1.07. The van der Waals surface area contributed by atoms with Gasteiger partial charge in [0.1, 0.15) is 0 Å². The SMILES string of the molecule is C=C[SiH](C)C.CC(O)[SiH](C)C.CCC.C[SiH2]C.C[SiH](C)O.C[SiH]([Si](=O)[Si](=O)[SiH]=O)[Si](=O)[Si](=O)[SiH]=O.C[Si](C)([Si](=O)[Si](=O)[Si](=O)[Si](=O)[Si](=O)[Si](=O)[Si](=O)[Si](=O)[Si](=O)[Si](=O)[SiH]=O)[Si](=O)[Si](=O)[Si](=O)[Si](=O)[Si](=O)[Si](=O)[Si](=O)[Si](=O)[Si](=O)[Si](=O)[SiH]=O.O=[Si]=O.O=[Si]=O. The summed E-state index contributed by atoms with van der Waals surface area (Å²) in [4.78, 5) is 8.19. The molecule has 0 amide bonds. The first-order valence-electron chi connectivity index (χ1n) is 23.9. The van der Waals surface area contributed by atoms with Crippen molar-refractivity contribution in [2.75, 3.05) is 0 Å². The van der Waals surface area contributed by atoms with E-state index in [0.717, 1.165) is 13.1 Å². The first-order chi connectivity index (χ1) is 40.1.